The number of aliphatic hydroxyl groups is 1. The molecule has 2 aliphatic rings. The minimum Gasteiger partial charge on any atom is -0.496 e. The van der Waals surface area contributed by atoms with E-state index in [0.29, 0.717) is 35.7 Å². The summed E-state index contributed by atoms with van der Waals surface area (Å²) in [6, 6.07) is 9.75. The minimum absolute atomic E-state index is 0.175. The average Bonchev–Trinajstić information content (AvgIpc) is 3.36. The Morgan fingerprint density at radius 2 is 1.91 bits per heavy atom. The first-order chi connectivity index (χ1) is 16.8. The Hall–Kier alpha value is -3.17. The molecule has 0 unspecified atom stereocenters. The van der Waals surface area contributed by atoms with Crippen molar-refractivity contribution in [3.63, 3.8) is 0 Å². The first kappa shape index (κ1) is 24.9. The highest BCUT2D eigenvalue weighted by Crippen LogP contribution is 2.49. The summed E-state index contributed by atoms with van der Waals surface area (Å²) in [5, 5.41) is 13.2. The number of rotatable bonds is 8. The molecular weight excluding hydrogens is 448 g/mol. The molecule has 0 bridgehead atoms. The fourth-order valence-corrected chi connectivity index (χ4v) is 5.63. The molecule has 0 spiro atoms. The van der Waals surface area contributed by atoms with E-state index in [9.17, 15) is 19.5 Å². The van der Waals surface area contributed by atoms with Crippen LogP contribution in [-0.2, 0) is 16.1 Å². The Morgan fingerprint density at radius 1 is 1.17 bits per heavy atom. The zero-order chi connectivity index (χ0) is 25.3. The summed E-state index contributed by atoms with van der Waals surface area (Å²) in [6.07, 6.45) is 0.784. The van der Waals surface area contributed by atoms with E-state index in [4.69, 9.17) is 4.74 Å². The maximum atomic E-state index is 13.5. The Balaban J connectivity index is 1.67. The standard InChI is InChI=1S/C26H34N4O5/c1-16(32)30-23-19(20(15-31)24(30)25(33)27-12-7-13-28(2)3)14-29-21(23)11-10-18(26(29)34)17-8-5-6-9-22(17)35-4/h5-6,8-11,19-20,23-24,31H,7,12-15H2,1-4H3,(H,27,33)/t19-,20-,23+,24-/m1/s1. The average molecular weight is 483 g/mol. The number of nitrogens with zero attached hydrogens (tertiary/aromatic N) is 3. The lowest BCUT2D eigenvalue weighted by Crippen LogP contribution is -2.50. The van der Waals surface area contributed by atoms with Crippen LogP contribution in [0.2, 0.25) is 0 Å². The largest absolute Gasteiger partial charge is 0.496 e. The molecule has 4 atom stereocenters. The minimum atomic E-state index is -0.774. The molecule has 9 heteroatoms. The van der Waals surface area contributed by atoms with Crippen molar-refractivity contribution in [1.82, 2.24) is 19.7 Å². The molecule has 2 amide bonds. The second-order valence-corrected chi connectivity index (χ2v) is 9.56. The summed E-state index contributed by atoms with van der Waals surface area (Å²) >= 11 is 0. The molecule has 0 radical (unpaired) electrons. The highest BCUT2D eigenvalue weighted by molar-refractivity contribution is 5.88. The molecule has 1 saturated heterocycles. The van der Waals surface area contributed by atoms with Crippen LogP contribution in [0.4, 0.5) is 0 Å². The molecule has 9 nitrogen and oxygen atoms in total. The summed E-state index contributed by atoms with van der Waals surface area (Å²) in [5.41, 5.74) is 1.72. The predicted molar refractivity (Wildman–Crippen MR) is 132 cm³/mol. The van der Waals surface area contributed by atoms with Gasteiger partial charge in [0.25, 0.3) is 5.56 Å². The molecule has 0 aliphatic carbocycles. The van der Waals surface area contributed by atoms with E-state index in [1.807, 2.05) is 49.3 Å². The fraction of sp³-hybridized carbons (Fsp3) is 0.500. The molecular formula is C26H34N4O5. The SMILES string of the molecule is COc1ccccc1-c1ccc2n(c1=O)C[C@@H]1[C@@H](CO)[C@H](C(=O)NCCCN(C)C)N(C(C)=O)[C@H]21. The van der Waals surface area contributed by atoms with Crippen LogP contribution in [0.25, 0.3) is 11.1 Å². The number of aliphatic hydroxyl groups excluding tert-OH is 1. The topological polar surface area (TPSA) is 104 Å². The number of aromatic nitrogens is 1. The van der Waals surface area contributed by atoms with Crippen LogP contribution in [0, 0.1) is 11.8 Å². The van der Waals surface area contributed by atoms with E-state index in [-0.39, 0.29) is 29.9 Å². The van der Waals surface area contributed by atoms with Gasteiger partial charge in [-0.2, -0.15) is 0 Å². The van der Waals surface area contributed by atoms with Crippen molar-refractivity contribution in [1.29, 1.82) is 0 Å². The summed E-state index contributed by atoms with van der Waals surface area (Å²) in [5.74, 6) is -0.604. The van der Waals surface area contributed by atoms with Crippen molar-refractivity contribution >= 4 is 11.8 Å². The quantitative estimate of drug-likeness (QED) is 0.546. The van der Waals surface area contributed by atoms with Gasteiger partial charge in [0.05, 0.1) is 18.7 Å². The van der Waals surface area contributed by atoms with Gasteiger partial charge in [-0.15, -0.1) is 0 Å². The van der Waals surface area contributed by atoms with E-state index < -0.39 is 18.0 Å². The van der Waals surface area contributed by atoms with Gasteiger partial charge < -0.3 is 29.5 Å². The van der Waals surface area contributed by atoms with Crippen LogP contribution in [0.15, 0.2) is 41.2 Å². The zero-order valence-electron chi connectivity index (χ0n) is 20.7. The van der Waals surface area contributed by atoms with Gasteiger partial charge in [0, 0.05) is 49.7 Å². The van der Waals surface area contributed by atoms with Crippen LogP contribution in [0.1, 0.15) is 25.1 Å². The Kier molecular flexibility index (Phi) is 7.28. The third-order valence-electron chi connectivity index (χ3n) is 7.19. The molecule has 35 heavy (non-hydrogen) atoms. The molecule has 2 N–H and O–H groups in total. The number of benzene rings is 1. The van der Waals surface area contributed by atoms with Gasteiger partial charge in [0.15, 0.2) is 0 Å². The molecule has 188 valence electrons. The number of fused-ring (bicyclic) bond motifs is 3. The van der Waals surface area contributed by atoms with Gasteiger partial charge in [0.2, 0.25) is 11.8 Å². The van der Waals surface area contributed by atoms with Crippen molar-refractivity contribution in [2.45, 2.75) is 32.0 Å². The summed E-state index contributed by atoms with van der Waals surface area (Å²) in [6.45, 7) is 2.85. The number of hydrogen-bond donors (Lipinski definition) is 2. The maximum Gasteiger partial charge on any atom is 0.258 e. The van der Waals surface area contributed by atoms with E-state index in [1.165, 1.54) is 6.92 Å². The van der Waals surface area contributed by atoms with Crippen LogP contribution < -0.4 is 15.6 Å². The van der Waals surface area contributed by atoms with Gasteiger partial charge in [-0.25, -0.2) is 0 Å². The van der Waals surface area contributed by atoms with Crippen LogP contribution in [0.3, 0.4) is 0 Å². The van der Waals surface area contributed by atoms with Gasteiger partial charge in [-0.3, -0.25) is 14.4 Å². The van der Waals surface area contributed by atoms with Crippen LogP contribution in [0.5, 0.6) is 5.75 Å². The van der Waals surface area contributed by atoms with Crippen molar-refractivity contribution in [2.75, 3.05) is 40.9 Å². The molecule has 1 aromatic heterocycles. The Morgan fingerprint density at radius 3 is 2.57 bits per heavy atom. The van der Waals surface area contributed by atoms with Gasteiger partial charge in [-0.05, 0) is 45.3 Å². The number of ether oxygens (including phenoxy) is 1. The summed E-state index contributed by atoms with van der Waals surface area (Å²) < 4.78 is 7.13. The van der Waals surface area contributed by atoms with E-state index in [0.717, 1.165) is 13.0 Å². The van der Waals surface area contributed by atoms with Gasteiger partial charge in [-0.1, -0.05) is 18.2 Å². The molecule has 2 aliphatic heterocycles. The van der Waals surface area contributed by atoms with E-state index in [2.05, 4.69) is 5.32 Å². The second kappa shape index (κ2) is 10.2. The number of hydrogen-bond acceptors (Lipinski definition) is 6. The van der Waals surface area contributed by atoms with Crippen molar-refractivity contribution in [2.24, 2.45) is 11.8 Å². The second-order valence-electron chi connectivity index (χ2n) is 9.56. The van der Waals surface area contributed by atoms with E-state index >= 15 is 0 Å². The summed E-state index contributed by atoms with van der Waals surface area (Å²) in [4.78, 5) is 43.1. The fourth-order valence-electron chi connectivity index (χ4n) is 5.63. The molecule has 3 heterocycles. The van der Waals surface area contributed by atoms with E-state index in [1.54, 1.807) is 22.6 Å². The zero-order valence-corrected chi connectivity index (χ0v) is 20.7. The van der Waals surface area contributed by atoms with Gasteiger partial charge >= 0.3 is 0 Å². The van der Waals surface area contributed by atoms with Crippen molar-refractivity contribution < 1.29 is 19.4 Å². The Labute approximate surface area is 205 Å². The van der Waals surface area contributed by atoms with Crippen molar-refractivity contribution in [3.8, 4) is 16.9 Å². The number of para-hydroxylation sites is 1. The smallest absolute Gasteiger partial charge is 0.258 e. The number of likely N-dealkylation sites (tertiary alicyclic amines) is 1. The number of pyridine rings is 1. The number of amides is 2. The number of carbonyl (C=O) groups excluding carboxylic acids is 2. The first-order valence-corrected chi connectivity index (χ1v) is 12.0. The van der Waals surface area contributed by atoms with Gasteiger partial charge in [0.1, 0.15) is 11.8 Å². The van der Waals surface area contributed by atoms with Crippen LogP contribution >= 0.6 is 0 Å². The lowest BCUT2D eigenvalue weighted by Gasteiger charge is -2.30. The lowest BCUT2D eigenvalue weighted by atomic mass is 9.88. The monoisotopic (exact) mass is 482 g/mol. The summed E-state index contributed by atoms with van der Waals surface area (Å²) in [7, 11) is 5.51. The molecule has 2 aromatic rings. The molecule has 4 rings (SSSR count). The highest BCUT2D eigenvalue weighted by atomic mass is 16.5. The molecule has 1 aromatic carbocycles. The highest BCUT2D eigenvalue weighted by Gasteiger charge is 2.56. The van der Waals surface area contributed by atoms with Crippen LogP contribution in [-0.4, -0.2) is 78.2 Å². The number of carbonyl (C=O) groups is 2. The number of methoxy groups -OCH3 is 1. The normalized spacial score (nSPS) is 22.7. The van der Waals surface area contributed by atoms with Crippen molar-refractivity contribution in [3.05, 3.63) is 52.4 Å². The maximum absolute atomic E-state index is 13.5. The third-order valence-corrected chi connectivity index (χ3v) is 7.19. The first-order valence-electron chi connectivity index (χ1n) is 12.0. The Bertz CT molecular complexity index is 1160. The number of nitrogens with one attached hydrogen (secondary N) is 1. The molecule has 0 saturated carbocycles. The molecule has 1 fully saturated rings. The lowest BCUT2D eigenvalue weighted by molar-refractivity contribution is -0.140. The predicted octanol–water partition coefficient (Wildman–Crippen LogP) is 1.10. The third kappa shape index (κ3) is 4.46.